The molecule has 1 aliphatic carbocycles. The van der Waals surface area contributed by atoms with Crippen molar-refractivity contribution in [2.24, 2.45) is 11.3 Å². The van der Waals surface area contributed by atoms with Gasteiger partial charge in [0.1, 0.15) is 0 Å². The molecule has 1 fully saturated rings. The van der Waals surface area contributed by atoms with Crippen LogP contribution in [0.2, 0.25) is 5.02 Å². The van der Waals surface area contributed by atoms with Gasteiger partial charge in [-0.05, 0) is 47.8 Å². The number of halogens is 1. The van der Waals surface area contributed by atoms with E-state index in [-0.39, 0.29) is 0 Å². The van der Waals surface area contributed by atoms with Crippen molar-refractivity contribution in [3.8, 4) is 0 Å². The highest BCUT2D eigenvalue weighted by molar-refractivity contribution is 6.31. The predicted octanol–water partition coefficient (Wildman–Crippen LogP) is 5.54. The molecule has 3 rings (SSSR count). The summed E-state index contributed by atoms with van der Waals surface area (Å²) < 4.78 is 0. The maximum atomic E-state index is 6.29. The predicted molar refractivity (Wildman–Crippen MR) is 85.3 cm³/mol. The highest BCUT2D eigenvalue weighted by atomic mass is 35.5. The van der Waals surface area contributed by atoms with Crippen LogP contribution in [0.3, 0.4) is 0 Å². The van der Waals surface area contributed by atoms with Gasteiger partial charge in [0, 0.05) is 10.4 Å². The maximum Gasteiger partial charge on any atom is 0.0686 e. The van der Waals surface area contributed by atoms with E-state index in [0.29, 0.717) is 11.3 Å². The van der Waals surface area contributed by atoms with Gasteiger partial charge in [-0.1, -0.05) is 45.2 Å². The lowest BCUT2D eigenvalue weighted by molar-refractivity contribution is 0.177. The summed E-state index contributed by atoms with van der Waals surface area (Å²) in [7, 11) is 0. The van der Waals surface area contributed by atoms with Crippen molar-refractivity contribution in [2.75, 3.05) is 0 Å². The van der Waals surface area contributed by atoms with E-state index in [2.05, 4.69) is 37.0 Å². The van der Waals surface area contributed by atoms with E-state index in [4.69, 9.17) is 11.6 Å². The fourth-order valence-electron chi connectivity index (χ4n) is 3.81. The van der Waals surface area contributed by atoms with E-state index >= 15 is 0 Å². The Morgan fingerprint density at radius 1 is 1.30 bits per heavy atom. The smallest absolute Gasteiger partial charge is 0.0686 e. The minimum absolute atomic E-state index is 0.291. The van der Waals surface area contributed by atoms with Crippen LogP contribution in [-0.4, -0.2) is 10.2 Å². The van der Waals surface area contributed by atoms with E-state index in [9.17, 15) is 0 Å². The molecule has 1 heterocycles. The van der Waals surface area contributed by atoms with E-state index in [1.54, 1.807) is 0 Å². The maximum absolute atomic E-state index is 6.29. The Kier molecular flexibility index (Phi) is 3.53. The molecular weight excluding hydrogens is 268 g/mol. The van der Waals surface area contributed by atoms with Gasteiger partial charge in [0.25, 0.3) is 0 Å². The first-order valence-electron chi connectivity index (χ1n) is 7.62. The molecule has 0 spiro atoms. The van der Waals surface area contributed by atoms with Crippen LogP contribution in [0.15, 0.2) is 18.3 Å². The number of rotatable bonds is 3. The highest BCUT2D eigenvalue weighted by Gasteiger charge is 2.37. The molecule has 20 heavy (non-hydrogen) atoms. The summed E-state index contributed by atoms with van der Waals surface area (Å²) in [5.41, 5.74) is 2.74. The second-order valence-electron chi connectivity index (χ2n) is 6.85. The number of hydrogen-bond donors (Lipinski definition) is 1. The van der Waals surface area contributed by atoms with Crippen molar-refractivity contribution in [2.45, 2.75) is 52.4 Å². The first-order valence-corrected chi connectivity index (χ1v) is 8.00. The zero-order valence-electron chi connectivity index (χ0n) is 12.5. The van der Waals surface area contributed by atoms with Gasteiger partial charge in [-0.25, -0.2) is 0 Å². The molecule has 3 heteroatoms. The Balaban J connectivity index is 2.03. The Bertz CT molecular complexity index is 608. The molecule has 1 atom stereocenters. The Labute approximate surface area is 125 Å². The number of aromatic nitrogens is 2. The fourth-order valence-corrected chi connectivity index (χ4v) is 4.05. The average Bonchev–Trinajstić information content (AvgIpc) is 3.07. The van der Waals surface area contributed by atoms with Crippen molar-refractivity contribution < 1.29 is 0 Å². The topological polar surface area (TPSA) is 28.7 Å². The molecule has 2 nitrogen and oxygen atoms in total. The van der Waals surface area contributed by atoms with Gasteiger partial charge in [0.15, 0.2) is 0 Å². The first kappa shape index (κ1) is 13.9. The molecule has 2 aromatic rings. The lowest BCUT2D eigenvalue weighted by Gasteiger charge is -2.38. The van der Waals surface area contributed by atoms with E-state index < -0.39 is 0 Å². The number of nitrogens with one attached hydrogen (secondary N) is 1. The molecule has 1 aromatic heterocycles. The van der Waals surface area contributed by atoms with Crippen LogP contribution in [0.4, 0.5) is 0 Å². The Morgan fingerprint density at radius 2 is 2.00 bits per heavy atom. The van der Waals surface area contributed by atoms with Crippen LogP contribution < -0.4 is 0 Å². The van der Waals surface area contributed by atoms with Gasteiger partial charge in [-0.2, -0.15) is 5.10 Å². The summed E-state index contributed by atoms with van der Waals surface area (Å²) in [5, 5.41) is 9.25. The van der Waals surface area contributed by atoms with E-state index in [1.807, 2.05) is 12.3 Å². The van der Waals surface area contributed by atoms with Crippen LogP contribution in [0, 0.1) is 11.3 Å². The van der Waals surface area contributed by atoms with Crippen molar-refractivity contribution in [1.82, 2.24) is 10.2 Å². The SMILES string of the molecule is CC(c1cc(Cl)cc2cn[nH]c12)C(C)(C)C1CCCC1. The molecule has 1 aliphatic rings. The van der Waals surface area contributed by atoms with Crippen molar-refractivity contribution in [3.05, 3.63) is 28.9 Å². The van der Waals surface area contributed by atoms with Gasteiger partial charge in [-0.3, -0.25) is 5.10 Å². The van der Waals surface area contributed by atoms with Gasteiger partial charge in [0.2, 0.25) is 0 Å². The summed E-state index contributed by atoms with van der Waals surface area (Å²) in [6.07, 6.45) is 7.36. The number of nitrogens with zero attached hydrogens (tertiary/aromatic N) is 1. The number of fused-ring (bicyclic) bond motifs is 1. The van der Waals surface area contributed by atoms with Crippen LogP contribution in [-0.2, 0) is 0 Å². The van der Waals surface area contributed by atoms with E-state index in [0.717, 1.165) is 21.8 Å². The molecule has 1 unspecified atom stereocenters. The number of hydrogen-bond acceptors (Lipinski definition) is 1. The van der Waals surface area contributed by atoms with Crippen molar-refractivity contribution in [1.29, 1.82) is 0 Å². The highest BCUT2D eigenvalue weighted by Crippen LogP contribution is 2.49. The zero-order chi connectivity index (χ0) is 14.3. The zero-order valence-corrected chi connectivity index (χ0v) is 13.3. The Hall–Kier alpha value is -1.02. The van der Waals surface area contributed by atoms with Crippen LogP contribution in [0.5, 0.6) is 0 Å². The average molecular weight is 291 g/mol. The monoisotopic (exact) mass is 290 g/mol. The van der Waals surface area contributed by atoms with Gasteiger partial charge < -0.3 is 0 Å². The van der Waals surface area contributed by atoms with Gasteiger partial charge in [0.05, 0.1) is 11.7 Å². The van der Waals surface area contributed by atoms with Crippen LogP contribution in [0.25, 0.3) is 10.9 Å². The number of benzene rings is 1. The molecule has 108 valence electrons. The summed E-state index contributed by atoms with van der Waals surface area (Å²) in [6, 6.07) is 4.10. The quantitative estimate of drug-likeness (QED) is 0.790. The van der Waals surface area contributed by atoms with Crippen molar-refractivity contribution in [3.63, 3.8) is 0 Å². The fraction of sp³-hybridized carbons (Fsp3) is 0.588. The minimum Gasteiger partial charge on any atom is -0.278 e. The third-order valence-corrected chi connectivity index (χ3v) is 5.75. The molecule has 0 bridgehead atoms. The summed E-state index contributed by atoms with van der Waals surface area (Å²) in [5.74, 6) is 1.28. The minimum atomic E-state index is 0.291. The largest absolute Gasteiger partial charge is 0.278 e. The van der Waals surface area contributed by atoms with Crippen LogP contribution in [0.1, 0.15) is 57.9 Å². The third kappa shape index (κ3) is 2.24. The van der Waals surface area contributed by atoms with Crippen LogP contribution >= 0.6 is 11.6 Å². The Morgan fingerprint density at radius 3 is 2.70 bits per heavy atom. The lowest BCUT2D eigenvalue weighted by atomic mass is 9.67. The molecule has 0 saturated heterocycles. The second-order valence-corrected chi connectivity index (χ2v) is 7.29. The summed E-state index contributed by atoms with van der Waals surface area (Å²) in [4.78, 5) is 0. The second kappa shape index (κ2) is 5.07. The number of aromatic amines is 1. The van der Waals surface area contributed by atoms with Gasteiger partial charge >= 0.3 is 0 Å². The number of H-pyrrole nitrogens is 1. The molecule has 0 amide bonds. The molecule has 0 radical (unpaired) electrons. The normalized spacial score (nSPS) is 18.8. The summed E-state index contributed by atoms with van der Waals surface area (Å²) in [6.45, 7) is 7.16. The van der Waals surface area contributed by atoms with Crippen molar-refractivity contribution >= 4 is 22.5 Å². The van der Waals surface area contributed by atoms with Gasteiger partial charge in [-0.15, -0.1) is 0 Å². The third-order valence-electron chi connectivity index (χ3n) is 5.53. The standard InChI is InChI=1S/C17H23ClN2/c1-11(17(2,3)13-6-4-5-7-13)15-9-14(18)8-12-10-19-20-16(12)15/h8-11,13H,4-7H2,1-3H3,(H,19,20). The van der Waals surface area contributed by atoms with E-state index in [1.165, 1.54) is 31.2 Å². The molecule has 1 aromatic carbocycles. The first-order chi connectivity index (χ1) is 9.50. The lowest BCUT2D eigenvalue weighted by Crippen LogP contribution is -2.28. The molecule has 1 saturated carbocycles. The summed E-state index contributed by atoms with van der Waals surface area (Å²) >= 11 is 6.29. The molecular formula is C17H23ClN2. The molecule has 1 N–H and O–H groups in total. The molecule has 0 aliphatic heterocycles.